The number of carbonyl (C=O) groups is 1. The smallest absolute Gasteiger partial charge is 0.277 e. The molecule has 0 bridgehead atoms. The summed E-state index contributed by atoms with van der Waals surface area (Å²) in [6, 6.07) is 13.1. The van der Waals surface area contributed by atoms with Gasteiger partial charge in [-0.2, -0.15) is 0 Å². The van der Waals surface area contributed by atoms with E-state index in [0.717, 1.165) is 11.3 Å². The second-order valence-electron chi connectivity index (χ2n) is 4.68. The highest BCUT2D eigenvalue weighted by atomic mass is 32.1. The SMILES string of the molecule is Cc1cccnc1C(=O)N(CCC(N)=S)c1ccccc1. The van der Waals surface area contributed by atoms with Crippen LogP contribution in [0.15, 0.2) is 48.7 Å². The molecule has 0 saturated heterocycles. The van der Waals surface area contributed by atoms with Crippen molar-refractivity contribution in [3.8, 4) is 0 Å². The molecule has 0 atom stereocenters. The summed E-state index contributed by atoms with van der Waals surface area (Å²) in [6.45, 7) is 2.31. The molecule has 2 aromatic rings. The number of aryl methyl sites for hydroxylation is 1. The van der Waals surface area contributed by atoms with Gasteiger partial charge in [0.2, 0.25) is 0 Å². The van der Waals surface area contributed by atoms with Crippen molar-refractivity contribution in [3.63, 3.8) is 0 Å². The number of amides is 1. The van der Waals surface area contributed by atoms with E-state index in [4.69, 9.17) is 18.0 Å². The molecular weight excluding hydrogens is 282 g/mol. The molecular formula is C16H17N3OS. The van der Waals surface area contributed by atoms with Gasteiger partial charge in [0.25, 0.3) is 5.91 Å². The van der Waals surface area contributed by atoms with Crippen molar-refractivity contribution in [1.29, 1.82) is 0 Å². The van der Waals surface area contributed by atoms with Gasteiger partial charge in [0.15, 0.2) is 0 Å². The molecule has 108 valence electrons. The summed E-state index contributed by atoms with van der Waals surface area (Å²) in [4.78, 5) is 19.0. The number of anilines is 1. The van der Waals surface area contributed by atoms with E-state index in [9.17, 15) is 4.79 Å². The normalized spacial score (nSPS) is 10.1. The summed E-state index contributed by atoms with van der Waals surface area (Å²) in [5.41, 5.74) is 7.67. The summed E-state index contributed by atoms with van der Waals surface area (Å²) in [5.74, 6) is -0.143. The number of para-hydroxylation sites is 1. The highest BCUT2D eigenvalue weighted by Gasteiger charge is 2.20. The third-order valence-electron chi connectivity index (χ3n) is 3.11. The zero-order valence-corrected chi connectivity index (χ0v) is 12.6. The van der Waals surface area contributed by atoms with Gasteiger partial charge in [0.1, 0.15) is 5.69 Å². The summed E-state index contributed by atoms with van der Waals surface area (Å²) >= 11 is 4.92. The molecule has 4 nitrogen and oxygen atoms in total. The minimum absolute atomic E-state index is 0.143. The van der Waals surface area contributed by atoms with Gasteiger partial charge in [-0.15, -0.1) is 0 Å². The maximum absolute atomic E-state index is 12.8. The fourth-order valence-corrected chi connectivity index (χ4v) is 2.11. The summed E-state index contributed by atoms with van der Waals surface area (Å²) in [7, 11) is 0. The molecule has 5 heteroatoms. The third-order valence-corrected chi connectivity index (χ3v) is 3.31. The number of benzene rings is 1. The van der Waals surface area contributed by atoms with Crippen molar-refractivity contribution < 1.29 is 4.79 Å². The van der Waals surface area contributed by atoms with Crippen LogP contribution in [0.2, 0.25) is 0 Å². The fraction of sp³-hybridized carbons (Fsp3) is 0.188. The molecule has 1 aromatic heterocycles. The number of nitrogens with two attached hydrogens (primary N) is 1. The number of hydrogen-bond acceptors (Lipinski definition) is 3. The van der Waals surface area contributed by atoms with Crippen molar-refractivity contribution in [2.24, 2.45) is 5.73 Å². The number of rotatable bonds is 5. The van der Waals surface area contributed by atoms with Gasteiger partial charge in [-0.05, 0) is 30.7 Å². The first-order valence-electron chi connectivity index (χ1n) is 6.66. The molecule has 0 aliphatic rings. The van der Waals surface area contributed by atoms with Crippen molar-refractivity contribution in [3.05, 3.63) is 59.9 Å². The minimum atomic E-state index is -0.143. The zero-order valence-electron chi connectivity index (χ0n) is 11.8. The molecule has 0 fully saturated rings. The first-order valence-corrected chi connectivity index (χ1v) is 7.07. The maximum Gasteiger partial charge on any atom is 0.277 e. The molecule has 2 rings (SSSR count). The Morgan fingerprint density at radius 3 is 2.57 bits per heavy atom. The molecule has 0 radical (unpaired) electrons. The van der Waals surface area contributed by atoms with Crippen molar-refractivity contribution in [1.82, 2.24) is 4.98 Å². The Morgan fingerprint density at radius 2 is 1.95 bits per heavy atom. The van der Waals surface area contributed by atoms with E-state index in [0.29, 0.717) is 23.6 Å². The van der Waals surface area contributed by atoms with Gasteiger partial charge in [-0.25, -0.2) is 0 Å². The van der Waals surface area contributed by atoms with Crippen LogP contribution < -0.4 is 10.6 Å². The Balaban J connectivity index is 2.33. The van der Waals surface area contributed by atoms with Gasteiger partial charge in [0, 0.05) is 24.8 Å². The Hall–Kier alpha value is -2.27. The molecule has 0 unspecified atom stereocenters. The average Bonchev–Trinajstić information content (AvgIpc) is 2.48. The molecule has 0 aliphatic heterocycles. The van der Waals surface area contributed by atoms with E-state index < -0.39 is 0 Å². The lowest BCUT2D eigenvalue weighted by atomic mass is 10.1. The minimum Gasteiger partial charge on any atom is -0.393 e. The first-order chi connectivity index (χ1) is 10.1. The van der Waals surface area contributed by atoms with Crippen LogP contribution in [0.3, 0.4) is 0 Å². The Kier molecular flexibility index (Phi) is 5.00. The summed E-state index contributed by atoms with van der Waals surface area (Å²) < 4.78 is 0. The third kappa shape index (κ3) is 3.86. The Labute approximate surface area is 129 Å². The van der Waals surface area contributed by atoms with Crippen LogP contribution in [-0.4, -0.2) is 22.4 Å². The highest BCUT2D eigenvalue weighted by molar-refractivity contribution is 7.80. The number of carbonyl (C=O) groups excluding carboxylic acids is 1. The molecule has 1 heterocycles. The standard InChI is InChI=1S/C16H17N3OS/c1-12-6-5-10-18-15(12)16(20)19(11-9-14(17)21)13-7-3-2-4-8-13/h2-8,10H,9,11H2,1H3,(H2,17,21). The summed E-state index contributed by atoms with van der Waals surface area (Å²) in [5, 5.41) is 0. The molecule has 1 amide bonds. The molecule has 0 aliphatic carbocycles. The van der Waals surface area contributed by atoms with Gasteiger partial charge < -0.3 is 10.6 Å². The molecule has 0 spiro atoms. The average molecular weight is 299 g/mol. The molecule has 0 saturated carbocycles. The van der Waals surface area contributed by atoms with E-state index in [-0.39, 0.29) is 5.91 Å². The first kappa shape index (κ1) is 15.1. The molecule has 1 aromatic carbocycles. The Bertz CT molecular complexity index is 643. The van der Waals surface area contributed by atoms with Crippen LogP contribution in [0.25, 0.3) is 0 Å². The number of nitrogens with zero attached hydrogens (tertiary/aromatic N) is 2. The second-order valence-corrected chi connectivity index (χ2v) is 5.20. The van der Waals surface area contributed by atoms with Gasteiger partial charge >= 0.3 is 0 Å². The number of pyridine rings is 1. The highest BCUT2D eigenvalue weighted by Crippen LogP contribution is 2.18. The van der Waals surface area contributed by atoms with Crippen molar-refractivity contribution in [2.75, 3.05) is 11.4 Å². The predicted molar refractivity (Wildman–Crippen MR) is 88.5 cm³/mol. The van der Waals surface area contributed by atoms with Gasteiger partial charge in [-0.3, -0.25) is 9.78 Å². The lowest BCUT2D eigenvalue weighted by molar-refractivity contribution is 0.0982. The van der Waals surface area contributed by atoms with E-state index in [1.54, 1.807) is 11.1 Å². The van der Waals surface area contributed by atoms with Crippen LogP contribution >= 0.6 is 12.2 Å². The van der Waals surface area contributed by atoms with E-state index in [1.165, 1.54) is 0 Å². The number of aromatic nitrogens is 1. The Morgan fingerprint density at radius 1 is 1.24 bits per heavy atom. The van der Waals surface area contributed by atoms with Crippen molar-refractivity contribution >= 4 is 28.8 Å². The lowest BCUT2D eigenvalue weighted by Gasteiger charge is -2.23. The maximum atomic E-state index is 12.8. The topological polar surface area (TPSA) is 59.2 Å². The quantitative estimate of drug-likeness (QED) is 0.862. The monoisotopic (exact) mass is 299 g/mol. The number of thiocarbonyl (C=S) groups is 1. The van der Waals surface area contributed by atoms with E-state index in [1.807, 2.05) is 49.4 Å². The van der Waals surface area contributed by atoms with Crippen LogP contribution in [0.1, 0.15) is 22.5 Å². The van der Waals surface area contributed by atoms with E-state index in [2.05, 4.69) is 4.98 Å². The largest absolute Gasteiger partial charge is 0.393 e. The van der Waals surface area contributed by atoms with Crippen LogP contribution in [0.4, 0.5) is 5.69 Å². The lowest BCUT2D eigenvalue weighted by Crippen LogP contribution is -2.34. The van der Waals surface area contributed by atoms with Crippen LogP contribution in [0.5, 0.6) is 0 Å². The van der Waals surface area contributed by atoms with Crippen molar-refractivity contribution in [2.45, 2.75) is 13.3 Å². The van der Waals surface area contributed by atoms with Crippen LogP contribution in [0, 0.1) is 6.92 Å². The van der Waals surface area contributed by atoms with E-state index >= 15 is 0 Å². The second kappa shape index (κ2) is 6.95. The zero-order chi connectivity index (χ0) is 15.2. The predicted octanol–water partition coefficient (Wildman–Crippen LogP) is 2.71. The van der Waals surface area contributed by atoms with Gasteiger partial charge in [0.05, 0.1) is 4.99 Å². The van der Waals surface area contributed by atoms with Crippen LogP contribution in [-0.2, 0) is 0 Å². The number of hydrogen-bond donors (Lipinski definition) is 1. The molecule has 2 N–H and O–H groups in total. The molecule has 21 heavy (non-hydrogen) atoms. The van der Waals surface area contributed by atoms with Gasteiger partial charge in [-0.1, -0.05) is 36.5 Å². The fourth-order valence-electron chi connectivity index (χ4n) is 2.02. The summed E-state index contributed by atoms with van der Waals surface area (Å²) in [6.07, 6.45) is 2.10.